The van der Waals surface area contributed by atoms with E-state index in [0.717, 1.165) is 18.4 Å². The number of carbonyl (C=O) groups excluding carboxylic acids is 3. The highest BCUT2D eigenvalue weighted by atomic mass is 16.6. The Morgan fingerprint density at radius 2 is 1.76 bits per heavy atom. The highest BCUT2D eigenvalue weighted by molar-refractivity contribution is 5.86. The molecule has 3 rings (SSSR count). The lowest BCUT2D eigenvalue weighted by Gasteiger charge is -2.25. The smallest absolute Gasteiger partial charge is 0.410 e. The molecule has 2 atom stereocenters. The van der Waals surface area contributed by atoms with Gasteiger partial charge in [0.25, 0.3) is 0 Å². The van der Waals surface area contributed by atoms with Gasteiger partial charge in [-0.05, 0) is 51.5 Å². The molecule has 1 heterocycles. The average Bonchev–Trinajstić information content (AvgIpc) is 3.19. The van der Waals surface area contributed by atoms with Gasteiger partial charge in [0.05, 0.1) is 6.04 Å². The minimum Gasteiger partial charge on any atom is -0.445 e. The Labute approximate surface area is 196 Å². The predicted octanol–water partition coefficient (Wildman–Crippen LogP) is 3.99. The zero-order chi connectivity index (χ0) is 23.8. The summed E-state index contributed by atoms with van der Waals surface area (Å²) < 4.78 is 10.8. The first-order valence-corrected chi connectivity index (χ1v) is 12.0. The number of carbonyl (C=O) groups is 3. The summed E-state index contributed by atoms with van der Waals surface area (Å²) in [5, 5.41) is 5.83. The van der Waals surface area contributed by atoms with Crippen LogP contribution in [0.3, 0.4) is 0 Å². The van der Waals surface area contributed by atoms with Crippen LogP contribution in [-0.2, 0) is 20.9 Å². The second-order valence-corrected chi connectivity index (χ2v) is 10.0. The number of amides is 3. The summed E-state index contributed by atoms with van der Waals surface area (Å²) in [7, 11) is 0. The quantitative estimate of drug-likeness (QED) is 0.671. The molecule has 8 heteroatoms. The standard InChI is InChI=1S/C25H37N3O5/c1-25(2,3)33-23(30)27-20-14-21(22(29)26-15-18-10-6-4-7-11-18)28(16-20)24(31)32-17-19-12-8-5-9-13-19/h5,8-9,12-13,18,20-21H,4,6-7,10-11,14-17H2,1-3H3,(H,26,29)(H,27,30)/t20-,21+/m1/s1. The lowest BCUT2D eigenvalue weighted by Crippen LogP contribution is -2.47. The fourth-order valence-electron chi connectivity index (χ4n) is 4.42. The molecule has 0 unspecified atom stereocenters. The average molecular weight is 460 g/mol. The van der Waals surface area contributed by atoms with Gasteiger partial charge in [0, 0.05) is 13.1 Å². The second-order valence-electron chi connectivity index (χ2n) is 10.0. The van der Waals surface area contributed by atoms with Gasteiger partial charge in [-0.1, -0.05) is 49.6 Å². The first-order valence-electron chi connectivity index (χ1n) is 12.0. The Morgan fingerprint density at radius 1 is 1.06 bits per heavy atom. The molecule has 1 aliphatic carbocycles. The lowest BCUT2D eigenvalue weighted by atomic mass is 9.89. The Kier molecular flexibility index (Phi) is 8.58. The van der Waals surface area contributed by atoms with Crippen LogP contribution in [0.15, 0.2) is 30.3 Å². The number of likely N-dealkylation sites (tertiary alicyclic amines) is 1. The molecule has 0 aromatic heterocycles. The minimum atomic E-state index is -0.697. The largest absolute Gasteiger partial charge is 0.445 e. The Balaban J connectivity index is 1.61. The van der Waals surface area contributed by atoms with E-state index in [1.807, 2.05) is 30.3 Å². The highest BCUT2D eigenvalue weighted by Crippen LogP contribution is 2.24. The molecule has 1 saturated heterocycles. The van der Waals surface area contributed by atoms with E-state index in [4.69, 9.17) is 9.47 Å². The summed E-state index contributed by atoms with van der Waals surface area (Å²) >= 11 is 0. The monoisotopic (exact) mass is 459 g/mol. The maximum atomic E-state index is 13.0. The van der Waals surface area contributed by atoms with Crippen molar-refractivity contribution in [2.45, 2.75) is 83.6 Å². The summed E-state index contributed by atoms with van der Waals surface area (Å²) in [5.41, 5.74) is 0.236. The van der Waals surface area contributed by atoms with Crippen LogP contribution < -0.4 is 10.6 Å². The molecule has 0 spiro atoms. The molecule has 8 nitrogen and oxygen atoms in total. The molecule has 182 valence electrons. The molecular formula is C25H37N3O5. The zero-order valence-electron chi connectivity index (χ0n) is 20.0. The van der Waals surface area contributed by atoms with E-state index in [0.29, 0.717) is 18.9 Å². The number of nitrogens with zero attached hydrogens (tertiary/aromatic N) is 1. The molecular weight excluding hydrogens is 422 g/mol. The third kappa shape index (κ3) is 7.94. The predicted molar refractivity (Wildman–Crippen MR) is 124 cm³/mol. The van der Waals surface area contributed by atoms with Crippen LogP contribution in [0.4, 0.5) is 9.59 Å². The van der Waals surface area contributed by atoms with Crippen LogP contribution in [0.5, 0.6) is 0 Å². The van der Waals surface area contributed by atoms with Crippen molar-refractivity contribution in [3.63, 3.8) is 0 Å². The molecule has 0 bridgehead atoms. The number of hydrogen-bond acceptors (Lipinski definition) is 5. The normalized spacial score (nSPS) is 21.4. The fourth-order valence-corrected chi connectivity index (χ4v) is 4.42. The Hall–Kier alpha value is -2.77. The Bertz CT molecular complexity index is 802. The number of nitrogens with one attached hydrogen (secondary N) is 2. The van der Waals surface area contributed by atoms with Crippen LogP contribution >= 0.6 is 0 Å². The second kappa shape index (κ2) is 11.4. The van der Waals surface area contributed by atoms with Crippen LogP contribution in [0.2, 0.25) is 0 Å². The molecule has 2 N–H and O–H groups in total. The number of hydrogen-bond donors (Lipinski definition) is 2. The number of rotatable bonds is 6. The molecule has 1 aromatic carbocycles. The Morgan fingerprint density at radius 3 is 2.42 bits per heavy atom. The highest BCUT2D eigenvalue weighted by Gasteiger charge is 2.41. The van der Waals surface area contributed by atoms with Crippen molar-refractivity contribution < 1.29 is 23.9 Å². The van der Waals surface area contributed by atoms with Gasteiger partial charge < -0.3 is 20.1 Å². The van der Waals surface area contributed by atoms with Gasteiger partial charge in [-0.15, -0.1) is 0 Å². The van der Waals surface area contributed by atoms with E-state index >= 15 is 0 Å². The van der Waals surface area contributed by atoms with E-state index in [1.165, 1.54) is 24.2 Å². The van der Waals surface area contributed by atoms with Crippen molar-refractivity contribution in [1.29, 1.82) is 0 Å². The maximum absolute atomic E-state index is 13.0. The third-order valence-electron chi connectivity index (χ3n) is 6.05. The minimum absolute atomic E-state index is 0.122. The number of ether oxygens (including phenoxy) is 2. The number of benzene rings is 1. The van der Waals surface area contributed by atoms with Gasteiger partial charge >= 0.3 is 12.2 Å². The van der Waals surface area contributed by atoms with E-state index in [-0.39, 0.29) is 19.1 Å². The van der Waals surface area contributed by atoms with Crippen molar-refractivity contribution >= 4 is 18.1 Å². The van der Waals surface area contributed by atoms with Crippen LogP contribution in [0, 0.1) is 5.92 Å². The van der Waals surface area contributed by atoms with E-state index < -0.39 is 29.9 Å². The summed E-state index contributed by atoms with van der Waals surface area (Å²) in [4.78, 5) is 39.6. The summed E-state index contributed by atoms with van der Waals surface area (Å²) in [6, 6.07) is 8.30. The van der Waals surface area contributed by atoms with Crippen molar-refractivity contribution in [2.75, 3.05) is 13.1 Å². The van der Waals surface area contributed by atoms with E-state index in [1.54, 1.807) is 20.8 Å². The van der Waals surface area contributed by atoms with Crippen molar-refractivity contribution in [3.8, 4) is 0 Å². The lowest BCUT2D eigenvalue weighted by molar-refractivity contribution is -0.125. The van der Waals surface area contributed by atoms with Gasteiger partial charge in [-0.25, -0.2) is 9.59 Å². The molecule has 1 aromatic rings. The maximum Gasteiger partial charge on any atom is 0.410 e. The molecule has 1 saturated carbocycles. The van der Waals surface area contributed by atoms with Crippen LogP contribution in [-0.4, -0.2) is 53.8 Å². The molecule has 2 fully saturated rings. The van der Waals surface area contributed by atoms with E-state index in [2.05, 4.69) is 10.6 Å². The van der Waals surface area contributed by atoms with Crippen molar-refractivity contribution in [1.82, 2.24) is 15.5 Å². The SMILES string of the molecule is CC(C)(C)OC(=O)N[C@@H]1C[C@@H](C(=O)NCC2CCCCC2)N(C(=O)OCc2ccccc2)C1. The first-order chi connectivity index (χ1) is 15.7. The van der Waals surface area contributed by atoms with Gasteiger partial charge in [0.1, 0.15) is 18.2 Å². The summed E-state index contributed by atoms with van der Waals surface area (Å²) in [6.45, 7) is 6.29. The van der Waals surface area contributed by atoms with Crippen LogP contribution in [0.1, 0.15) is 64.9 Å². The van der Waals surface area contributed by atoms with Gasteiger partial charge in [-0.3, -0.25) is 9.69 Å². The summed E-state index contributed by atoms with van der Waals surface area (Å²) in [5.74, 6) is 0.281. The summed E-state index contributed by atoms with van der Waals surface area (Å²) in [6.07, 6.45) is 5.09. The molecule has 2 aliphatic rings. The molecule has 33 heavy (non-hydrogen) atoms. The zero-order valence-corrected chi connectivity index (χ0v) is 20.0. The fraction of sp³-hybridized carbons (Fsp3) is 0.640. The molecule has 0 radical (unpaired) electrons. The van der Waals surface area contributed by atoms with Crippen molar-refractivity contribution in [3.05, 3.63) is 35.9 Å². The van der Waals surface area contributed by atoms with Crippen molar-refractivity contribution in [2.24, 2.45) is 5.92 Å². The van der Waals surface area contributed by atoms with Gasteiger partial charge in [-0.2, -0.15) is 0 Å². The molecule has 1 aliphatic heterocycles. The third-order valence-corrected chi connectivity index (χ3v) is 6.05. The van der Waals surface area contributed by atoms with Gasteiger partial charge in [0.2, 0.25) is 5.91 Å². The van der Waals surface area contributed by atoms with Gasteiger partial charge in [0.15, 0.2) is 0 Å². The molecule has 3 amide bonds. The topological polar surface area (TPSA) is 97.0 Å². The first kappa shape index (κ1) is 24.9. The van der Waals surface area contributed by atoms with E-state index in [9.17, 15) is 14.4 Å². The number of alkyl carbamates (subject to hydrolysis) is 1. The van der Waals surface area contributed by atoms with Crippen LogP contribution in [0.25, 0.3) is 0 Å².